The summed E-state index contributed by atoms with van der Waals surface area (Å²) in [5.74, 6) is -0.182. The maximum absolute atomic E-state index is 13.6. The molecule has 1 N–H and O–H groups in total. The monoisotopic (exact) mass is 239 g/mol. The Labute approximate surface area is 101 Å². The summed E-state index contributed by atoms with van der Waals surface area (Å²) in [6.07, 6.45) is 3.09. The summed E-state index contributed by atoms with van der Waals surface area (Å²) >= 11 is 0. The molecule has 2 rings (SSSR count). The molecule has 0 aromatic heterocycles. The quantitative estimate of drug-likeness (QED) is 0.832. The van der Waals surface area contributed by atoms with Crippen LogP contribution in [0.5, 0.6) is 0 Å². The van der Waals surface area contributed by atoms with Crippen LogP contribution in [0, 0.1) is 23.5 Å². The summed E-state index contributed by atoms with van der Waals surface area (Å²) in [4.78, 5) is 0. The van der Waals surface area contributed by atoms with E-state index in [2.05, 4.69) is 12.2 Å². The smallest absolute Gasteiger partial charge is 0.162 e. The molecular weight excluding hydrogens is 220 g/mol. The molecule has 1 aromatic rings. The van der Waals surface area contributed by atoms with Crippen molar-refractivity contribution in [3.05, 3.63) is 35.4 Å². The van der Waals surface area contributed by atoms with Crippen molar-refractivity contribution in [1.29, 1.82) is 0 Å². The molecule has 0 heterocycles. The second-order valence-electron chi connectivity index (χ2n) is 5.01. The van der Waals surface area contributed by atoms with Gasteiger partial charge in [0.25, 0.3) is 0 Å². The van der Waals surface area contributed by atoms with Gasteiger partial charge >= 0.3 is 0 Å². The van der Waals surface area contributed by atoms with Gasteiger partial charge in [-0.2, -0.15) is 0 Å². The zero-order valence-corrected chi connectivity index (χ0v) is 10.3. The van der Waals surface area contributed by atoms with Crippen LogP contribution < -0.4 is 5.32 Å². The molecule has 94 valence electrons. The molecule has 17 heavy (non-hydrogen) atoms. The highest BCUT2D eigenvalue weighted by Gasteiger charge is 2.33. The van der Waals surface area contributed by atoms with E-state index in [1.807, 2.05) is 7.05 Å². The van der Waals surface area contributed by atoms with E-state index < -0.39 is 11.6 Å². The third kappa shape index (κ3) is 2.83. The Morgan fingerprint density at radius 1 is 1.35 bits per heavy atom. The van der Waals surface area contributed by atoms with Crippen LogP contribution in [0.2, 0.25) is 0 Å². The summed E-state index contributed by atoms with van der Waals surface area (Å²) in [6, 6.07) is 4.63. The van der Waals surface area contributed by atoms with Crippen molar-refractivity contribution in [3.8, 4) is 0 Å². The maximum atomic E-state index is 13.6. The molecule has 3 heteroatoms. The lowest BCUT2D eigenvalue weighted by Gasteiger charge is -2.23. The predicted molar refractivity (Wildman–Crippen MR) is 64.8 cm³/mol. The first-order chi connectivity index (χ1) is 8.13. The second-order valence-corrected chi connectivity index (χ2v) is 5.01. The summed E-state index contributed by atoms with van der Waals surface area (Å²) in [7, 11) is 1.89. The Morgan fingerprint density at radius 2 is 2.06 bits per heavy atom. The molecule has 1 saturated carbocycles. The number of hydrogen-bond acceptors (Lipinski definition) is 1. The van der Waals surface area contributed by atoms with E-state index in [9.17, 15) is 8.78 Å². The van der Waals surface area contributed by atoms with E-state index in [1.165, 1.54) is 12.8 Å². The SMILES string of the molecule is CNC(Cc1cccc(F)c1F)C(C)C1CC1. The molecule has 1 fully saturated rings. The Morgan fingerprint density at radius 3 is 2.65 bits per heavy atom. The van der Waals surface area contributed by atoms with Crippen LogP contribution in [0.1, 0.15) is 25.3 Å². The first-order valence-electron chi connectivity index (χ1n) is 6.23. The minimum Gasteiger partial charge on any atom is -0.316 e. The van der Waals surface area contributed by atoms with Crippen LogP contribution >= 0.6 is 0 Å². The van der Waals surface area contributed by atoms with Crippen LogP contribution in [0.4, 0.5) is 8.78 Å². The van der Waals surface area contributed by atoms with Gasteiger partial charge in [0.05, 0.1) is 0 Å². The number of nitrogens with one attached hydrogen (secondary N) is 1. The van der Waals surface area contributed by atoms with Crippen LogP contribution in [0.25, 0.3) is 0 Å². The molecule has 1 aliphatic carbocycles. The van der Waals surface area contributed by atoms with Gasteiger partial charge in [-0.1, -0.05) is 19.1 Å². The number of likely N-dealkylation sites (N-methyl/N-ethyl adjacent to an activating group) is 1. The summed E-state index contributed by atoms with van der Waals surface area (Å²) in [6.45, 7) is 2.19. The zero-order chi connectivity index (χ0) is 12.4. The van der Waals surface area contributed by atoms with Crippen molar-refractivity contribution in [2.45, 2.75) is 32.2 Å². The number of halogens is 2. The largest absolute Gasteiger partial charge is 0.316 e. The second kappa shape index (κ2) is 5.13. The first-order valence-corrected chi connectivity index (χ1v) is 6.23. The van der Waals surface area contributed by atoms with E-state index in [1.54, 1.807) is 12.1 Å². The molecule has 1 aromatic carbocycles. The van der Waals surface area contributed by atoms with Crippen molar-refractivity contribution in [2.75, 3.05) is 7.05 Å². The lowest BCUT2D eigenvalue weighted by Crippen LogP contribution is -2.35. The molecule has 0 spiro atoms. The molecule has 0 radical (unpaired) electrons. The highest BCUT2D eigenvalue weighted by molar-refractivity contribution is 5.20. The van der Waals surface area contributed by atoms with Gasteiger partial charge in [0.1, 0.15) is 0 Å². The van der Waals surface area contributed by atoms with E-state index >= 15 is 0 Å². The summed E-state index contributed by atoms with van der Waals surface area (Å²) in [5.41, 5.74) is 0.469. The van der Waals surface area contributed by atoms with Gasteiger partial charge in [-0.25, -0.2) is 8.78 Å². The summed E-state index contributed by atoms with van der Waals surface area (Å²) < 4.78 is 26.7. The number of rotatable bonds is 5. The van der Waals surface area contributed by atoms with Crippen LogP contribution in [0.3, 0.4) is 0 Å². The van der Waals surface area contributed by atoms with Crippen molar-refractivity contribution >= 4 is 0 Å². The highest BCUT2D eigenvalue weighted by Crippen LogP contribution is 2.38. The molecule has 0 aliphatic heterocycles. The van der Waals surface area contributed by atoms with Crippen molar-refractivity contribution in [3.63, 3.8) is 0 Å². The van der Waals surface area contributed by atoms with Gasteiger partial charge in [-0.05, 0) is 49.8 Å². The molecule has 1 aliphatic rings. The van der Waals surface area contributed by atoms with Gasteiger partial charge in [0.2, 0.25) is 0 Å². The first kappa shape index (κ1) is 12.5. The van der Waals surface area contributed by atoms with Gasteiger partial charge in [-0.3, -0.25) is 0 Å². The molecule has 2 unspecified atom stereocenters. The lowest BCUT2D eigenvalue weighted by atomic mass is 9.91. The Hall–Kier alpha value is -0.960. The van der Waals surface area contributed by atoms with E-state index in [-0.39, 0.29) is 6.04 Å². The van der Waals surface area contributed by atoms with Crippen molar-refractivity contribution in [1.82, 2.24) is 5.32 Å². The maximum Gasteiger partial charge on any atom is 0.162 e. The average molecular weight is 239 g/mol. The normalized spacial score (nSPS) is 19.1. The predicted octanol–water partition coefficient (Wildman–Crippen LogP) is 3.14. The molecule has 0 bridgehead atoms. The molecule has 0 saturated heterocycles. The van der Waals surface area contributed by atoms with Crippen molar-refractivity contribution < 1.29 is 8.78 Å². The van der Waals surface area contributed by atoms with Crippen molar-refractivity contribution in [2.24, 2.45) is 11.8 Å². The third-order valence-electron chi connectivity index (χ3n) is 3.84. The Balaban J connectivity index is 2.09. The topological polar surface area (TPSA) is 12.0 Å². The fourth-order valence-corrected chi connectivity index (χ4v) is 2.44. The van der Waals surface area contributed by atoms with Gasteiger partial charge in [0, 0.05) is 6.04 Å². The van der Waals surface area contributed by atoms with Crippen LogP contribution in [-0.2, 0) is 6.42 Å². The minimum absolute atomic E-state index is 0.221. The Kier molecular flexibility index (Phi) is 3.77. The number of benzene rings is 1. The molecule has 2 atom stereocenters. The Bertz CT molecular complexity index is 388. The minimum atomic E-state index is -0.753. The third-order valence-corrected chi connectivity index (χ3v) is 3.84. The highest BCUT2D eigenvalue weighted by atomic mass is 19.2. The zero-order valence-electron chi connectivity index (χ0n) is 10.3. The van der Waals surface area contributed by atoms with Crippen LogP contribution in [0.15, 0.2) is 18.2 Å². The van der Waals surface area contributed by atoms with E-state index in [0.29, 0.717) is 17.9 Å². The van der Waals surface area contributed by atoms with Gasteiger partial charge < -0.3 is 5.32 Å². The van der Waals surface area contributed by atoms with Crippen LogP contribution in [-0.4, -0.2) is 13.1 Å². The summed E-state index contributed by atoms with van der Waals surface area (Å²) in [5, 5.41) is 3.23. The fourth-order valence-electron chi connectivity index (χ4n) is 2.44. The van der Waals surface area contributed by atoms with E-state index in [0.717, 1.165) is 12.0 Å². The number of hydrogen-bond donors (Lipinski definition) is 1. The molecule has 0 amide bonds. The fraction of sp³-hybridized carbons (Fsp3) is 0.571. The van der Waals surface area contributed by atoms with Gasteiger partial charge in [-0.15, -0.1) is 0 Å². The lowest BCUT2D eigenvalue weighted by molar-refractivity contribution is 0.352. The van der Waals surface area contributed by atoms with E-state index in [4.69, 9.17) is 0 Å². The average Bonchev–Trinajstić information content (AvgIpc) is 3.14. The molecular formula is C14H19F2N. The molecule has 1 nitrogen and oxygen atoms in total. The van der Waals surface area contributed by atoms with Gasteiger partial charge in [0.15, 0.2) is 11.6 Å². The standard InChI is InChI=1S/C14H19F2N/c1-9(10-6-7-10)13(17-2)8-11-4-3-5-12(15)14(11)16/h3-5,9-10,13,17H,6-8H2,1-2H3.